The lowest BCUT2D eigenvalue weighted by atomic mass is 10.1. The number of hydrogen-bond acceptors (Lipinski definition) is 4. The molecule has 0 aromatic carbocycles. The van der Waals surface area contributed by atoms with Gasteiger partial charge in [0, 0.05) is 37.0 Å². The van der Waals surface area contributed by atoms with Gasteiger partial charge in [0.2, 0.25) is 0 Å². The maximum atomic E-state index is 5.04. The van der Waals surface area contributed by atoms with Crippen molar-refractivity contribution >= 4 is 0 Å². The predicted molar refractivity (Wildman–Crippen MR) is 69.1 cm³/mol. The van der Waals surface area contributed by atoms with E-state index >= 15 is 0 Å². The third kappa shape index (κ3) is 4.40. The topological polar surface area (TPSA) is 47.0 Å². The molecule has 0 aliphatic rings. The van der Waals surface area contributed by atoms with Gasteiger partial charge in [-0.2, -0.15) is 0 Å². The van der Waals surface area contributed by atoms with Gasteiger partial charge in [-0.15, -0.1) is 0 Å². The zero-order chi connectivity index (χ0) is 12.7. The first-order valence-electron chi connectivity index (χ1n) is 6.21. The predicted octanol–water partition coefficient (Wildman–Crippen LogP) is 1.78. The van der Waals surface area contributed by atoms with Crippen LogP contribution in [0.15, 0.2) is 0 Å². The second-order valence-corrected chi connectivity index (χ2v) is 4.21. The minimum atomic E-state index is 0.673. The van der Waals surface area contributed by atoms with Gasteiger partial charge in [0.05, 0.1) is 6.61 Å². The van der Waals surface area contributed by atoms with Crippen LogP contribution in [-0.4, -0.2) is 30.2 Å². The van der Waals surface area contributed by atoms with Gasteiger partial charge in [0.1, 0.15) is 5.82 Å². The lowest BCUT2D eigenvalue weighted by Crippen LogP contribution is -2.17. The smallest absolute Gasteiger partial charge is 0.131 e. The average Bonchev–Trinajstić information content (AvgIpc) is 2.30. The highest BCUT2D eigenvalue weighted by Crippen LogP contribution is 2.10. The van der Waals surface area contributed by atoms with E-state index in [-0.39, 0.29) is 0 Å². The number of nitrogens with zero attached hydrogens (tertiary/aromatic N) is 2. The van der Waals surface area contributed by atoms with Crippen LogP contribution in [0.1, 0.15) is 36.1 Å². The Labute approximate surface area is 104 Å². The molecule has 0 bridgehead atoms. The Bertz CT molecular complexity index is 330. The van der Waals surface area contributed by atoms with Crippen LogP contribution in [0.25, 0.3) is 0 Å². The summed E-state index contributed by atoms with van der Waals surface area (Å²) in [6, 6.07) is 0. The Balaban J connectivity index is 2.72. The molecule has 1 rings (SSSR count). The van der Waals surface area contributed by atoms with Crippen molar-refractivity contribution in [3.05, 3.63) is 22.8 Å². The molecule has 17 heavy (non-hydrogen) atoms. The Kier molecular flexibility index (Phi) is 6.08. The molecule has 0 aliphatic heterocycles. The summed E-state index contributed by atoms with van der Waals surface area (Å²) in [6.45, 7) is 8.83. The first-order chi connectivity index (χ1) is 8.19. The fourth-order valence-electron chi connectivity index (χ4n) is 1.76. The molecule has 1 N–H and O–H groups in total. The van der Waals surface area contributed by atoms with E-state index in [1.165, 1.54) is 5.56 Å². The van der Waals surface area contributed by atoms with Gasteiger partial charge in [-0.05, 0) is 26.8 Å². The van der Waals surface area contributed by atoms with Gasteiger partial charge in [-0.1, -0.05) is 6.92 Å². The van der Waals surface area contributed by atoms with E-state index in [2.05, 4.69) is 22.2 Å². The number of aryl methyl sites for hydroxylation is 2. The summed E-state index contributed by atoms with van der Waals surface area (Å²) in [5.74, 6) is 0.876. The van der Waals surface area contributed by atoms with Crippen LogP contribution in [0.3, 0.4) is 0 Å². The van der Waals surface area contributed by atoms with Gasteiger partial charge in [0.15, 0.2) is 0 Å². The second kappa shape index (κ2) is 7.35. The van der Waals surface area contributed by atoms with Crippen LogP contribution < -0.4 is 5.32 Å². The number of aromatic nitrogens is 2. The standard InChI is InChI=1S/C13H23N3O/c1-5-7-14-9-12-10(2)15-13(6-8-17-4)16-11(12)3/h14H,5-9H2,1-4H3. The van der Waals surface area contributed by atoms with E-state index in [4.69, 9.17) is 4.74 Å². The molecule has 1 heterocycles. The fraction of sp³-hybridized carbons (Fsp3) is 0.692. The number of methoxy groups -OCH3 is 1. The fourth-order valence-corrected chi connectivity index (χ4v) is 1.76. The van der Waals surface area contributed by atoms with E-state index in [0.717, 1.165) is 43.1 Å². The summed E-state index contributed by atoms with van der Waals surface area (Å²) >= 11 is 0. The molecule has 0 saturated heterocycles. The molecule has 0 saturated carbocycles. The number of rotatable bonds is 7. The van der Waals surface area contributed by atoms with Gasteiger partial charge in [-0.25, -0.2) is 9.97 Å². The van der Waals surface area contributed by atoms with E-state index < -0.39 is 0 Å². The van der Waals surface area contributed by atoms with Crippen molar-refractivity contribution in [1.82, 2.24) is 15.3 Å². The summed E-state index contributed by atoms with van der Waals surface area (Å²) in [4.78, 5) is 9.04. The molecule has 96 valence electrons. The molecular weight excluding hydrogens is 214 g/mol. The third-order valence-corrected chi connectivity index (χ3v) is 2.73. The third-order valence-electron chi connectivity index (χ3n) is 2.73. The molecule has 4 nitrogen and oxygen atoms in total. The Morgan fingerprint density at radius 2 is 1.82 bits per heavy atom. The monoisotopic (exact) mass is 237 g/mol. The van der Waals surface area contributed by atoms with Crippen LogP contribution in [0.5, 0.6) is 0 Å². The summed E-state index contributed by atoms with van der Waals surface area (Å²) in [5, 5.41) is 3.39. The minimum absolute atomic E-state index is 0.673. The van der Waals surface area contributed by atoms with Crippen LogP contribution in [0.2, 0.25) is 0 Å². The first kappa shape index (κ1) is 14.1. The van der Waals surface area contributed by atoms with Crippen LogP contribution >= 0.6 is 0 Å². The maximum Gasteiger partial charge on any atom is 0.131 e. The molecule has 0 amide bonds. The molecule has 1 aromatic heterocycles. The lowest BCUT2D eigenvalue weighted by Gasteiger charge is -2.11. The molecular formula is C13H23N3O. The zero-order valence-corrected chi connectivity index (χ0v) is 11.3. The molecule has 0 radical (unpaired) electrons. The van der Waals surface area contributed by atoms with Crippen LogP contribution in [0, 0.1) is 13.8 Å². The van der Waals surface area contributed by atoms with Gasteiger partial charge in [-0.3, -0.25) is 0 Å². The molecule has 0 unspecified atom stereocenters. The molecule has 0 aliphatic carbocycles. The minimum Gasteiger partial charge on any atom is -0.384 e. The Morgan fingerprint density at radius 3 is 2.35 bits per heavy atom. The molecule has 4 heteroatoms. The van der Waals surface area contributed by atoms with E-state index in [0.29, 0.717) is 6.61 Å². The Hall–Kier alpha value is -1.00. The van der Waals surface area contributed by atoms with Crippen molar-refractivity contribution < 1.29 is 4.74 Å². The van der Waals surface area contributed by atoms with Crippen molar-refractivity contribution in [2.75, 3.05) is 20.3 Å². The quantitative estimate of drug-likeness (QED) is 0.734. The van der Waals surface area contributed by atoms with Crippen molar-refractivity contribution in [2.45, 2.75) is 40.2 Å². The zero-order valence-electron chi connectivity index (χ0n) is 11.3. The number of nitrogens with one attached hydrogen (secondary N) is 1. The van der Waals surface area contributed by atoms with Gasteiger partial charge < -0.3 is 10.1 Å². The summed E-state index contributed by atoms with van der Waals surface area (Å²) in [7, 11) is 1.70. The SMILES string of the molecule is CCCNCc1c(C)nc(CCOC)nc1C. The van der Waals surface area contributed by atoms with Crippen molar-refractivity contribution in [2.24, 2.45) is 0 Å². The largest absolute Gasteiger partial charge is 0.384 e. The molecule has 0 fully saturated rings. The number of hydrogen-bond donors (Lipinski definition) is 1. The molecule has 0 spiro atoms. The lowest BCUT2D eigenvalue weighted by molar-refractivity contribution is 0.200. The van der Waals surface area contributed by atoms with E-state index in [1.807, 2.05) is 13.8 Å². The van der Waals surface area contributed by atoms with Crippen molar-refractivity contribution in [3.63, 3.8) is 0 Å². The number of ether oxygens (including phenoxy) is 1. The summed E-state index contributed by atoms with van der Waals surface area (Å²) < 4.78 is 5.04. The maximum absolute atomic E-state index is 5.04. The van der Waals surface area contributed by atoms with Gasteiger partial charge >= 0.3 is 0 Å². The molecule has 0 atom stereocenters. The normalized spacial score (nSPS) is 10.8. The van der Waals surface area contributed by atoms with Crippen molar-refractivity contribution in [3.8, 4) is 0 Å². The first-order valence-corrected chi connectivity index (χ1v) is 6.21. The van der Waals surface area contributed by atoms with Gasteiger partial charge in [0.25, 0.3) is 0 Å². The van der Waals surface area contributed by atoms with E-state index in [1.54, 1.807) is 7.11 Å². The highest BCUT2D eigenvalue weighted by atomic mass is 16.5. The highest BCUT2D eigenvalue weighted by molar-refractivity contribution is 5.24. The summed E-state index contributed by atoms with van der Waals surface area (Å²) in [6.07, 6.45) is 1.92. The van der Waals surface area contributed by atoms with Crippen LogP contribution in [0.4, 0.5) is 0 Å². The second-order valence-electron chi connectivity index (χ2n) is 4.21. The van der Waals surface area contributed by atoms with E-state index in [9.17, 15) is 0 Å². The average molecular weight is 237 g/mol. The molecule has 1 aromatic rings. The van der Waals surface area contributed by atoms with Crippen molar-refractivity contribution in [1.29, 1.82) is 0 Å². The summed E-state index contributed by atoms with van der Waals surface area (Å²) in [5.41, 5.74) is 3.37. The highest BCUT2D eigenvalue weighted by Gasteiger charge is 2.07. The van der Waals surface area contributed by atoms with Crippen LogP contribution in [-0.2, 0) is 17.7 Å². The Morgan fingerprint density at radius 1 is 1.18 bits per heavy atom.